The number of hydrogen-bond donors (Lipinski definition) is 1. The van der Waals surface area contributed by atoms with Crippen LogP contribution in [0.3, 0.4) is 0 Å². The van der Waals surface area contributed by atoms with Crippen molar-refractivity contribution in [3.63, 3.8) is 0 Å². The molecule has 0 saturated heterocycles. The Labute approximate surface area is 135 Å². The van der Waals surface area contributed by atoms with Gasteiger partial charge < -0.3 is 5.32 Å². The van der Waals surface area contributed by atoms with Crippen molar-refractivity contribution >= 4 is 32.4 Å². The van der Waals surface area contributed by atoms with Gasteiger partial charge in [-0.3, -0.25) is 9.67 Å². The summed E-state index contributed by atoms with van der Waals surface area (Å²) < 4.78 is 2.87. The van der Waals surface area contributed by atoms with Crippen molar-refractivity contribution in [2.24, 2.45) is 0 Å². The van der Waals surface area contributed by atoms with Gasteiger partial charge in [-0.25, -0.2) is 4.98 Å². The lowest BCUT2D eigenvalue weighted by Gasteiger charge is -2.01. The predicted molar refractivity (Wildman–Crippen MR) is 87.6 cm³/mol. The van der Waals surface area contributed by atoms with Gasteiger partial charge in [-0.15, -0.1) is 11.3 Å². The van der Waals surface area contributed by atoms with Gasteiger partial charge in [0.15, 0.2) is 5.13 Å². The van der Waals surface area contributed by atoms with Gasteiger partial charge >= 0.3 is 0 Å². The molecular weight excluding hydrogens is 350 g/mol. The van der Waals surface area contributed by atoms with Gasteiger partial charge in [0.05, 0.1) is 17.2 Å². The predicted octanol–water partition coefficient (Wildman–Crippen LogP) is 3.20. The van der Waals surface area contributed by atoms with Crippen molar-refractivity contribution in [1.29, 1.82) is 0 Å². The SMILES string of the molecule is Brc1cnn(Cc2cnc(NCCc3ccccn3)s2)c1. The second-order valence-corrected chi connectivity index (χ2v) is 6.52. The summed E-state index contributed by atoms with van der Waals surface area (Å²) in [7, 11) is 0. The molecule has 3 aromatic heterocycles. The number of halogens is 1. The molecule has 108 valence electrons. The number of pyridine rings is 1. The van der Waals surface area contributed by atoms with E-state index in [1.54, 1.807) is 17.5 Å². The van der Waals surface area contributed by atoms with Gasteiger partial charge in [0, 0.05) is 42.1 Å². The van der Waals surface area contributed by atoms with E-state index in [0.29, 0.717) is 0 Å². The molecule has 5 nitrogen and oxygen atoms in total. The van der Waals surface area contributed by atoms with Crippen molar-refractivity contribution < 1.29 is 0 Å². The molecule has 0 radical (unpaired) electrons. The maximum Gasteiger partial charge on any atom is 0.182 e. The van der Waals surface area contributed by atoms with E-state index in [0.717, 1.165) is 34.8 Å². The Morgan fingerprint density at radius 3 is 2.95 bits per heavy atom. The first-order valence-corrected chi connectivity index (χ1v) is 8.17. The molecule has 3 heterocycles. The standard InChI is InChI=1S/C14H14BrN5S/c15-11-7-19-20(9-11)10-13-8-18-14(21-13)17-6-4-12-3-1-2-5-16-12/h1-3,5,7-9H,4,6,10H2,(H,17,18). The molecule has 0 bridgehead atoms. The lowest BCUT2D eigenvalue weighted by atomic mass is 10.3. The molecule has 3 rings (SSSR count). The highest BCUT2D eigenvalue weighted by molar-refractivity contribution is 9.10. The molecule has 0 aliphatic rings. The summed E-state index contributed by atoms with van der Waals surface area (Å²) in [4.78, 5) is 9.86. The Bertz CT molecular complexity index is 694. The summed E-state index contributed by atoms with van der Waals surface area (Å²) in [6, 6.07) is 5.97. The number of aromatic nitrogens is 4. The van der Waals surface area contributed by atoms with Gasteiger partial charge in [0.1, 0.15) is 0 Å². The van der Waals surface area contributed by atoms with Crippen LogP contribution in [0, 0.1) is 0 Å². The fourth-order valence-corrected chi connectivity index (χ4v) is 3.05. The molecule has 7 heteroatoms. The van der Waals surface area contributed by atoms with Crippen molar-refractivity contribution in [3.05, 3.63) is 58.0 Å². The van der Waals surface area contributed by atoms with Gasteiger partial charge in [0.25, 0.3) is 0 Å². The van der Waals surface area contributed by atoms with E-state index < -0.39 is 0 Å². The summed E-state index contributed by atoms with van der Waals surface area (Å²) >= 11 is 5.05. The van der Waals surface area contributed by atoms with Crippen LogP contribution in [0.4, 0.5) is 5.13 Å². The smallest absolute Gasteiger partial charge is 0.182 e. The summed E-state index contributed by atoms with van der Waals surface area (Å²) in [5.74, 6) is 0. The fourth-order valence-electron chi connectivity index (χ4n) is 1.89. The third-order valence-electron chi connectivity index (χ3n) is 2.86. The first-order valence-electron chi connectivity index (χ1n) is 6.56. The van der Waals surface area contributed by atoms with Gasteiger partial charge in [-0.2, -0.15) is 5.10 Å². The molecule has 0 atom stereocenters. The number of nitrogens with zero attached hydrogens (tertiary/aromatic N) is 4. The minimum absolute atomic E-state index is 0.741. The zero-order valence-electron chi connectivity index (χ0n) is 11.2. The van der Waals surface area contributed by atoms with Crippen LogP contribution in [0.2, 0.25) is 0 Å². The average molecular weight is 364 g/mol. The Morgan fingerprint density at radius 2 is 2.19 bits per heavy atom. The van der Waals surface area contributed by atoms with Crippen LogP contribution in [-0.4, -0.2) is 26.3 Å². The van der Waals surface area contributed by atoms with Crippen LogP contribution < -0.4 is 5.32 Å². The minimum atomic E-state index is 0.741. The van der Waals surface area contributed by atoms with Crippen molar-refractivity contribution in [2.45, 2.75) is 13.0 Å². The topological polar surface area (TPSA) is 55.6 Å². The Balaban J connectivity index is 1.51. The second-order valence-electron chi connectivity index (χ2n) is 4.49. The molecule has 0 saturated carbocycles. The molecule has 0 aliphatic heterocycles. The summed E-state index contributed by atoms with van der Waals surface area (Å²) in [6.07, 6.45) is 8.34. The third kappa shape index (κ3) is 4.12. The van der Waals surface area contributed by atoms with Crippen LogP contribution in [0.1, 0.15) is 10.6 Å². The third-order valence-corrected chi connectivity index (χ3v) is 4.21. The monoisotopic (exact) mass is 363 g/mol. The van der Waals surface area contributed by atoms with Gasteiger partial charge in [0.2, 0.25) is 0 Å². The number of rotatable bonds is 6. The number of hydrogen-bond acceptors (Lipinski definition) is 5. The summed E-state index contributed by atoms with van der Waals surface area (Å²) in [5, 5.41) is 8.51. The largest absolute Gasteiger partial charge is 0.361 e. The summed E-state index contributed by atoms with van der Waals surface area (Å²) in [6.45, 7) is 1.57. The van der Waals surface area contributed by atoms with Crippen LogP contribution in [0.25, 0.3) is 0 Å². The molecular formula is C14H14BrN5S. The quantitative estimate of drug-likeness (QED) is 0.730. The van der Waals surface area contributed by atoms with Crippen LogP contribution >= 0.6 is 27.3 Å². The van der Waals surface area contributed by atoms with Gasteiger partial charge in [-0.1, -0.05) is 6.07 Å². The average Bonchev–Trinajstić information content (AvgIpc) is 3.10. The van der Waals surface area contributed by atoms with E-state index in [1.165, 1.54) is 4.88 Å². The van der Waals surface area contributed by atoms with Crippen molar-refractivity contribution in [2.75, 3.05) is 11.9 Å². The van der Waals surface area contributed by atoms with Crippen LogP contribution in [-0.2, 0) is 13.0 Å². The van der Waals surface area contributed by atoms with Crippen molar-refractivity contribution in [1.82, 2.24) is 19.7 Å². The summed E-state index contributed by atoms with van der Waals surface area (Å²) in [5.41, 5.74) is 1.09. The zero-order chi connectivity index (χ0) is 14.5. The van der Waals surface area contributed by atoms with E-state index in [4.69, 9.17) is 0 Å². The Morgan fingerprint density at radius 1 is 1.24 bits per heavy atom. The van der Waals surface area contributed by atoms with E-state index in [9.17, 15) is 0 Å². The maximum absolute atomic E-state index is 4.38. The molecule has 0 aliphatic carbocycles. The highest BCUT2D eigenvalue weighted by Crippen LogP contribution is 2.19. The highest BCUT2D eigenvalue weighted by atomic mass is 79.9. The van der Waals surface area contributed by atoms with Crippen molar-refractivity contribution in [3.8, 4) is 0 Å². The molecule has 0 fully saturated rings. The van der Waals surface area contributed by atoms with E-state index in [1.807, 2.05) is 41.5 Å². The highest BCUT2D eigenvalue weighted by Gasteiger charge is 2.04. The first kappa shape index (κ1) is 14.2. The molecule has 3 aromatic rings. The molecule has 21 heavy (non-hydrogen) atoms. The number of anilines is 1. The maximum atomic E-state index is 4.38. The number of nitrogens with one attached hydrogen (secondary N) is 1. The van der Waals surface area contributed by atoms with E-state index >= 15 is 0 Å². The zero-order valence-corrected chi connectivity index (χ0v) is 13.6. The minimum Gasteiger partial charge on any atom is -0.361 e. The van der Waals surface area contributed by atoms with Crippen LogP contribution in [0.15, 0.2) is 47.5 Å². The van der Waals surface area contributed by atoms with Gasteiger partial charge in [-0.05, 0) is 28.1 Å². The number of thiazole rings is 1. The second kappa shape index (κ2) is 6.82. The fraction of sp³-hybridized carbons (Fsp3) is 0.214. The lowest BCUT2D eigenvalue weighted by Crippen LogP contribution is -2.05. The Hall–Kier alpha value is -1.73. The van der Waals surface area contributed by atoms with E-state index in [2.05, 4.69) is 36.3 Å². The molecule has 0 amide bonds. The molecule has 0 spiro atoms. The van der Waals surface area contributed by atoms with Crippen LogP contribution in [0.5, 0.6) is 0 Å². The normalized spacial score (nSPS) is 10.7. The lowest BCUT2D eigenvalue weighted by molar-refractivity contribution is 0.693. The Kier molecular flexibility index (Phi) is 4.62. The molecule has 1 N–H and O–H groups in total. The van der Waals surface area contributed by atoms with E-state index in [-0.39, 0.29) is 0 Å². The molecule has 0 unspecified atom stereocenters. The molecule has 0 aromatic carbocycles. The first-order chi connectivity index (χ1) is 10.3.